The first-order valence-corrected chi connectivity index (χ1v) is 20.6. The van der Waals surface area contributed by atoms with Crippen molar-refractivity contribution in [2.75, 3.05) is 38.1 Å². The Morgan fingerprint density at radius 2 is 1.59 bits per heavy atom. The van der Waals surface area contributed by atoms with Gasteiger partial charge >= 0.3 is 6.03 Å². The predicted molar refractivity (Wildman–Crippen MR) is 238 cm³/mol. The quantitative estimate of drug-likeness (QED) is 0.137. The number of hydrogen-bond acceptors (Lipinski definition) is 5. The number of H-pyrrole nitrogens is 1. The number of urea groups is 1. The Labute approximate surface area is 355 Å². The first-order chi connectivity index (χ1) is 28.0. The Balaban J connectivity index is 0.000000220. The van der Waals surface area contributed by atoms with Crippen LogP contribution in [0, 0.1) is 11.3 Å². The third-order valence-corrected chi connectivity index (χ3v) is 11.7. The van der Waals surface area contributed by atoms with E-state index in [4.69, 9.17) is 40.1 Å². The number of halogens is 3. The van der Waals surface area contributed by atoms with Crippen LogP contribution in [-0.2, 0) is 0 Å². The third kappa shape index (κ3) is 9.65. The molecular weight excluding hydrogens is 789 g/mol. The summed E-state index contributed by atoms with van der Waals surface area (Å²) in [7, 11) is 1.61. The average Bonchev–Trinajstić information content (AvgIpc) is 3.92. The van der Waals surface area contributed by atoms with Crippen LogP contribution in [-0.4, -0.2) is 66.0 Å². The Kier molecular flexibility index (Phi) is 14.1. The molecule has 2 aliphatic rings. The van der Waals surface area contributed by atoms with Crippen LogP contribution < -0.4 is 15.5 Å². The van der Waals surface area contributed by atoms with Gasteiger partial charge in [-0.1, -0.05) is 83.8 Å². The highest BCUT2D eigenvalue weighted by atomic mass is 35.5. The number of amides is 3. The fourth-order valence-electron chi connectivity index (χ4n) is 7.69. The summed E-state index contributed by atoms with van der Waals surface area (Å²) in [5.41, 5.74) is 7.47. The number of nitrogens with one attached hydrogen (secondary N) is 3. The number of benzene rings is 4. The van der Waals surface area contributed by atoms with Crippen molar-refractivity contribution < 1.29 is 9.59 Å². The zero-order valence-corrected chi connectivity index (χ0v) is 35.3. The number of rotatable bonds is 9. The van der Waals surface area contributed by atoms with Crippen molar-refractivity contribution >= 4 is 74.6 Å². The van der Waals surface area contributed by atoms with Gasteiger partial charge in [0.25, 0.3) is 5.91 Å². The van der Waals surface area contributed by atoms with Crippen LogP contribution in [0.1, 0.15) is 78.3 Å². The van der Waals surface area contributed by atoms with Gasteiger partial charge < -0.3 is 30.3 Å². The van der Waals surface area contributed by atoms with Crippen molar-refractivity contribution in [3.8, 4) is 6.07 Å². The van der Waals surface area contributed by atoms with Gasteiger partial charge in [-0.3, -0.25) is 4.79 Å². The Morgan fingerprint density at radius 1 is 0.931 bits per heavy atom. The number of carbonyl (C=O) groups excluding carboxylic acids is 2. The molecule has 4 aromatic carbocycles. The second-order valence-corrected chi connectivity index (χ2v) is 15.8. The highest BCUT2D eigenvalue weighted by Crippen LogP contribution is 2.42. The average molecular weight is 837 g/mol. The normalized spacial score (nSPS) is 15.1. The number of nitriles is 1. The van der Waals surface area contributed by atoms with E-state index in [0.29, 0.717) is 26.3 Å². The molecule has 5 aromatic rings. The molecule has 12 heteroatoms. The zero-order chi connectivity index (χ0) is 41.3. The molecule has 2 saturated heterocycles. The van der Waals surface area contributed by atoms with Crippen molar-refractivity contribution in [2.24, 2.45) is 0 Å². The lowest BCUT2D eigenvalue weighted by Crippen LogP contribution is -2.48. The Bertz CT molecular complexity index is 2320. The molecule has 3 N–H and O–H groups in total. The van der Waals surface area contributed by atoms with Gasteiger partial charge in [0, 0.05) is 76.5 Å². The zero-order valence-electron chi connectivity index (χ0n) is 33.0. The monoisotopic (exact) mass is 835 g/mol. The molecule has 7 rings (SSSR count). The minimum absolute atomic E-state index is 0.106. The number of likely N-dealkylation sites (tertiary alicyclic amines) is 1. The number of allylic oxidation sites excluding steroid dienone is 1. The summed E-state index contributed by atoms with van der Waals surface area (Å²) in [6, 6.07) is 31.1. The SMILES string of the molecule is C=CN(/C(=C(\C)c1ccccc1)c1c(C(=O)NC)[nH]c2cc(Cl)ccc12)C(C)c1ccc(Cl)cc1Cl.N#Cc1ccc(N2CCC(NC(=O)N3CCCC3)CC2)cc1. The van der Waals surface area contributed by atoms with E-state index in [9.17, 15) is 9.59 Å². The molecule has 0 aliphatic carbocycles. The van der Waals surface area contributed by atoms with Gasteiger partial charge in [-0.25, -0.2) is 4.79 Å². The Morgan fingerprint density at radius 3 is 2.21 bits per heavy atom. The van der Waals surface area contributed by atoms with E-state index in [1.54, 1.807) is 19.3 Å². The van der Waals surface area contributed by atoms with Gasteiger partial charge in [0.05, 0.1) is 23.4 Å². The molecule has 1 aromatic heterocycles. The molecule has 1 atom stereocenters. The number of hydrogen-bond donors (Lipinski definition) is 3. The van der Waals surface area contributed by atoms with E-state index in [1.807, 2.05) is 109 Å². The number of piperidine rings is 1. The summed E-state index contributed by atoms with van der Waals surface area (Å²) in [6.45, 7) is 11.9. The highest BCUT2D eigenvalue weighted by Gasteiger charge is 2.29. The van der Waals surface area contributed by atoms with Gasteiger partial charge in [0.2, 0.25) is 0 Å². The number of aromatic nitrogens is 1. The molecule has 300 valence electrons. The van der Waals surface area contributed by atoms with Gasteiger partial charge in [0.1, 0.15) is 5.69 Å². The molecule has 58 heavy (non-hydrogen) atoms. The van der Waals surface area contributed by atoms with Gasteiger partial charge in [-0.2, -0.15) is 5.26 Å². The molecule has 9 nitrogen and oxygen atoms in total. The number of anilines is 1. The van der Waals surface area contributed by atoms with E-state index < -0.39 is 0 Å². The molecule has 1 unspecified atom stereocenters. The third-order valence-electron chi connectivity index (χ3n) is 10.9. The van der Waals surface area contributed by atoms with Crippen molar-refractivity contribution in [1.82, 2.24) is 25.4 Å². The van der Waals surface area contributed by atoms with Crippen molar-refractivity contribution in [2.45, 2.75) is 51.6 Å². The Hall–Kier alpha value is -5.40. The van der Waals surface area contributed by atoms with Crippen LogP contribution in [0.25, 0.3) is 22.2 Å². The van der Waals surface area contributed by atoms with Crippen LogP contribution in [0.15, 0.2) is 104 Å². The molecular formula is C46H48Cl3N7O2. The smallest absolute Gasteiger partial charge is 0.317 e. The van der Waals surface area contributed by atoms with E-state index >= 15 is 0 Å². The fourth-order valence-corrected chi connectivity index (χ4v) is 8.43. The summed E-state index contributed by atoms with van der Waals surface area (Å²) in [6.07, 6.45) is 5.97. The van der Waals surface area contributed by atoms with E-state index in [2.05, 4.69) is 33.2 Å². The lowest BCUT2D eigenvalue weighted by Gasteiger charge is -2.34. The standard InChI is InChI=1S/C29H26Cl3N3O.C17H22N4O/c1-5-35(18(3)22-13-11-20(30)15-24(22)32)28(17(2)19-9-7-6-8-10-19)26-23-14-12-21(31)16-25(23)34-27(26)29(36)33-4;18-13-14-3-5-16(6-4-14)20-11-7-15(8-12-20)19-17(22)21-9-1-2-10-21/h5-16,18,34H,1H2,2-4H3,(H,33,36);3-6,15H,1-2,7-12H2,(H,19,22)/b28-17+;. The first kappa shape index (κ1) is 42.2. The molecule has 0 radical (unpaired) electrons. The van der Waals surface area contributed by atoms with Gasteiger partial charge in [0.15, 0.2) is 0 Å². The minimum atomic E-state index is -0.239. The summed E-state index contributed by atoms with van der Waals surface area (Å²) in [4.78, 5) is 34.8. The van der Waals surface area contributed by atoms with Crippen molar-refractivity contribution in [3.05, 3.63) is 147 Å². The number of carbonyl (C=O) groups is 2. The number of nitrogens with zero attached hydrogens (tertiary/aromatic N) is 4. The maximum Gasteiger partial charge on any atom is 0.317 e. The molecule has 3 amide bonds. The van der Waals surface area contributed by atoms with Gasteiger partial charge in [-0.05, 0) is 111 Å². The molecule has 0 saturated carbocycles. The van der Waals surface area contributed by atoms with Crippen molar-refractivity contribution in [1.29, 1.82) is 5.26 Å². The van der Waals surface area contributed by atoms with Crippen LogP contribution >= 0.6 is 34.8 Å². The largest absolute Gasteiger partial charge is 0.371 e. The lowest BCUT2D eigenvalue weighted by atomic mass is 9.95. The first-order valence-electron chi connectivity index (χ1n) is 19.5. The van der Waals surface area contributed by atoms with E-state index in [1.165, 1.54) is 0 Å². The second kappa shape index (κ2) is 19.4. The van der Waals surface area contributed by atoms with Crippen LogP contribution in [0.5, 0.6) is 0 Å². The topological polar surface area (TPSA) is 107 Å². The maximum atomic E-state index is 13.1. The summed E-state index contributed by atoms with van der Waals surface area (Å²) in [5, 5.41) is 17.3. The van der Waals surface area contributed by atoms with Crippen molar-refractivity contribution in [3.63, 3.8) is 0 Å². The van der Waals surface area contributed by atoms with Crippen LogP contribution in [0.2, 0.25) is 15.1 Å². The molecule has 0 spiro atoms. The van der Waals surface area contributed by atoms with Gasteiger partial charge in [-0.15, -0.1) is 0 Å². The molecule has 0 bridgehead atoms. The summed E-state index contributed by atoms with van der Waals surface area (Å²) in [5.74, 6) is -0.239. The van der Waals surface area contributed by atoms with E-state index in [-0.39, 0.29) is 24.0 Å². The minimum Gasteiger partial charge on any atom is -0.371 e. The molecule has 2 fully saturated rings. The van der Waals surface area contributed by atoms with Crippen LogP contribution in [0.3, 0.4) is 0 Å². The number of aromatic amines is 1. The highest BCUT2D eigenvalue weighted by molar-refractivity contribution is 6.35. The predicted octanol–water partition coefficient (Wildman–Crippen LogP) is 10.9. The lowest BCUT2D eigenvalue weighted by molar-refractivity contribution is 0.0958. The molecule has 2 aliphatic heterocycles. The maximum absolute atomic E-state index is 13.1. The molecule has 3 heterocycles. The van der Waals surface area contributed by atoms with E-state index in [0.717, 1.165) is 96.4 Å². The number of fused-ring (bicyclic) bond motifs is 1. The second-order valence-electron chi connectivity index (χ2n) is 14.5. The summed E-state index contributed by atoms with van der Waals surface area (Å²) >= 11 is 19.1. The summed E-state index contributed by atoms with van der Waals surface area (Å²) < 4.78 is 0. The fraction of sp³-hybridized carbons (Fsp3) is 0.283. The van der Waals surface area contributed by atoms with Crippen LogP contribution in [0.4, 0.5) is 10.5 Å².